The molecular formula is C18H37NaO4S. The van der Waals surface area contributed by atoms with Crippen LogP contribution in [0.5, 0.6) is 0 Å². The predicted molar refractivity (Wildman–Crippen MR) is 95.5 cm³/mol. The zero-order valence-corrected chi connectivity index (χ0v) is 18.8. The summed E-state index contributed by atoms with van der Waals surface area (Å²) in [6.07, 6.45) is 17.1. The fraction of sp³-hybridized carbons (Fsp3) is 1.00. The Balaban J connectivity index is 0. The number of aliphatic hydroxyl groups is 1. The molecule has 0 fully saturated rings. The van der Waals surface area contributed by atoms with Crippen LogP contribution in [0, 0.1) is 0 Å². The van der Waals surface area contributed by atoms with Gasteiger partial charge >= 0.3 is 29.6 Å². The van der Waals surface area contributed by atoms with Gasteiger partial charge in [-0.2, -0.15) is 0 Å². The molecule has 0 spiro atoms. The third-order valence-electron chi connectivity index (χ3n) is 4.29. The zero-order valence-electron chi connectivity index (χ0n) is 16.0. The smallest absolute Gasteiger partial charge is 0.748 e. The van der Waals surface area contributed by atoms with Crippen LogP contribution in [0.15, 0.2) is 0 Å². The summed E-state index contributed by atoms with van der Waals surface area (Å²) in [5, 5.41) is 9.40. The van der Waals surface area contributed by atoms with Gasteiger partial charge < -0.3 is 9.66 Å². The molecule has 1 unspecified atom stereocenters. The van der Waals surface area contributed by atoms with Crippen LogP contribution in [-0.4, -0.2) is 29.9 Å². The maximum Gasteiger partial charge on any atom is 1.00 e. The van der Waals surface area contributed by atoms with Crippen LogP contribution in [0.2, 0.25) is 0 Å². The van der Waals surface area contributed by atoms with E-state index >= 15 is 0 Å². The maximum atomic E-state index is 10.5. The molecule has 0 aliphatic rings. The second kappa shape index (κ2) is 18.7. The standard InChI is InChI=1S/C18H38O4S.Na/c1-2-3-4-5-6-7-8-9-10-11-12-13-14-15-16-18(19)17-23(20,21)22;/h18-19H,2-17H2,1H3,(H,20,21,22);/q;+1/p-1. The van der Waals surface area contributed by atoms with Crippen molar-refractivity contribution in [2.45, 2.75) is 109 Å². The van der Waals surface area contributed by atoms with Gasteiger partial charge in [-0.05, 0) is 6.42 Å². The van der Waals surface area contributed by atoms with Gasteiger partial charge in [0.15, 0.2) is 0 Å². The van der Waals surface area contributed by atoms with E-state index in [0.29, 0.717) is 6.42 Å². The molecule has 0 aliphatic carbocycles. The van der Waals surface area contributed by atoms with Crippen LogP contribution < -0.4 is 29.6 Å². The van der Waals surface area contributed by atoms with Crippen LogP contribution >= 0.6 is 0 Å². The van der Waals surface area contributed by atoms with Gasteiger partial charge in [0.2, 0.25) is 0 Å². The quantitative estimate of drug-likeness (QED) is 0.240. The minimum Gasteiger partial charge on any atom is -0.748 e. The molecule has 0 radical (unpaired) electrons. The number of unbranched alkanes of at least 4 members (excludes halogenated alkanes) is 13. The van der Waals surface area contributed by atoms with Crippen molar-refractivity contribution in [3.05, 3.63) is 0 Å². The minimum absolute atomic E-state index is 0. The van der Waals surface area contributed by atoms with Crippen molar-refractivity contribution < 1.29 is 47.6 Å². The normalized spacial score (nSPS) is 12.8. The van der Waals surface area contributed by atoms with Crippen molar-refractivity contribution in [2.75, 3.05) is 5.75 Å². The second-order valence-corrected chi connectivity index (χ2v) is 8.21. The SMILES string of the molecule is CCCCCCCCCCCCCCCCC(O)CS(=O)(=O)[O-].[Na+]. The van der Waals surface area contributed by atoms with Gasteiger partial charge in [0.1, 0.15) is 0 Å². The van der Waals surface area contributed by atoms with Gasteiger partial charge in [-0.3, -0.25) is 0 Å². The van der Waals surface area contributed by atoms with E-state index in [1.165, 1.54) is 70.6 Å². The molecule has 0 amide bonds. The largest absolute Gasteiger partial charge is 1.00 e. The average Bonchev–Trinajstić information content (AvgIpc) is 2.46. The first-order chi connectivity index (χ1) is 11.0. The van der Waals surface area contributed by atoms with Crippen molar-refractivity contribution >= 4 is 10.1 Å². The van der Waals surface area contributed by atoms with Crippen LogP contribution in [0.25, 0.3) is 0 Å². The summed E-state index contributed by atoms with van der Waals surface area (Å²) in [4.78, 5) is 0. The van der Waals surface area contributed by atoms with E-state index in [0.717, 1.165) is 19.3 Å². The monoisotopic (exact) mass is 372 g/mol. The Kier molecular flexibility index (Phi) is 21.1. The fourth-order valence-corrected chi connectivity index (χ4v) is 3.53. The third-order valence-corrected chi connectivity index (χ3v) is 5.08. The summed E-state index contributed by atoms with van der Waals surface area (Å²) in [5.74, 6) is -0.647. The van der Waals surface area contributed by atoms with Crippen molar-refractivity contribution in [2.24, 2.45) is 0 Å². The number of aliphatic hydroxyl groups excluding tert-OH is 1. The van der Waals surface area contributed by atoms with Crippen molar-refractivity contribution in [3.63, 3.8) is 0 Å². The van der Waals surface area contributed by atoms with E-state index in [1.54, 1.807) is 0 Å². The van der Waals surface area contributed by atoms with Gasteiger partial charge in [-0.15, -0.1) is 0 Å². The van der Waals surface area contributed by atoms with E-state index < -0.39 is 22.0 Å². The molecule has 0 saturated heterocycles. The van der Waals surface area contributed by atoms with Crippen LogP contribution in [0.3, 0.4) is 0 Å². The van der Waals surface area contributed by atoms with Crippen LogP contribution in [-0.2, 0) is 10.1 Å². The molecular weight excluding hydrogens is 335 g/mol. The summed E-state index contributed by atoms with van der Waals surface area (Å²) in [5.41, 5.74) is 0. The molecule has 0 aromatic rings. The molecule has 1 N–H and O–H groups in total. The van der Waals surface area contributed by atoms with Gasteiger partial charge in [-0.1, -0.05) is 96.8 Å². The Morgan fingerprint density at radius 3 is 1.42 bits per heavy atom. The first-order valence-electron chi connectivity index (χ1n) is 9.57. The fourth-order valence-electron chi connectivity index (χ4n) is 2.89. The number of hydrogen-bond donors (Lipinski definition) is 1. The van der Waals surface area contributed by atoms with Gasteiger partial charge in [0.05, 0.1) is 22.0 Å². The van der Waals surface area contributed by atoms with E-state index in [-0.39, 0.29) is 29.6 Å². The van der Waals surface area contributed by atoms with E-state index in [4.69, 9.17) is 0 Å². The molecule has 0 aliphatic heterocycles. The third kappa shape index (κ3) is 22.9. The Morgan fingerprint density at radius 2 is 1.08 bits per heavy atom. The van der Waals surface area contributed by atoms with Crippen LogP contribution in [0.4, 0.5) is 0 Å². The van der Waals surface area contributed by atoms with Gasteiger partial charge in [0.25, 0.3) is 0 Å². The maximum absolute atomic E-state index is 10.5. The Labute approximate surface area is 172 Å². The Morgan fingerprint density at radius 1 is 0.750 bits per heavy atom. The molecule has 0 heterocycles. The Bertz CT molecular complexity index is 347. The molecule has 0 bridgehead atoms. The summed E-state index contributed by atoms with van der Waals surface area (Å²) in [7, 11) is -4.29. The minimum atomic E-state index is -4.29. The predicted octanol–water partition coefficient (Wildman–Crippen LogP) is 1.77. The van der Waals surface area contributed by atoms with Gasteiger partial charge in [-0.25, -0.2) is 8.42 Å². The van der Waals surface area contributed by atoms with Crippen molar-refractivity contribution in [1.29, 1.82) is 0 Å². The summed E-state index contributed by atoms with van der Waals surface area (Å²) in [6.45, 7) is 2.25. The van der Waals surface area contributed by atoms with E-state index in [9.17, 15) is 18.1 Å². The molecule has 6 heteroatoms. The molecule has 1 atom stereocenters. The molecule has 0 rings (SSSR count). The number of hydrogen-bond acceptors (Lipinski definition) is 4. The van der Waals surface area contributed by atoms with Gasteiger partial charge in [0, 0.05) is 0 Å². The molecule has 24 heavy (non-hydrogen) atoms. The van der Waals surface area contributed by atoms with Crippen LogP contribution in [0.1, 0.15) is 103 Å². The molecule has 4 nitrogen and oxygen atoms in total. The van der Waals surface area contributed by atoms with Crippen molar-refractivity contribution in [3.8, 4) is 0 Å². The first kappa shape index (κ1) is 27.1. The summed E-state index contributed by atoms with van der Waals surface area (Å²) >= 11 is 0. The Hall–Kier alpha value is 0.870. The average molecular weight is 373 g/mol. The summed E-state index contributed by atoms with van der Waals surface area (Å²) in [6, 6.07) is 0. The zero-order chi connectivity index (χ0) is 17.4. The topological polar surface area (TPSA) is 77.4 Å². The molecule has 0 aromatic carbocycles. The molecule has 0 saturated carbocycles. The molecule has 140 valence electrons. The van der Waals surface area contributed by atoms with E-state index in [2.05, 4.69) is 6.92 Å². The first-order valence-corrected chi connectivity index (χ1v) is 11.1. The summed E-state index contributed by atoms with van der Waals surface area (Å²) < 4.78 is 31.4. The van der Waals surface area contributed by atoms with E-state index in [1.807, 2.05) is 0 Å². The second-order valence-electron chi connectivity index (χ2n) is 6.76. The number of rotatable bonds is 17. The van der Waals surface area contributed by atoms with Crippen molar-refractivity contribution in [1.82, 2.24) is 0 Å². The molecule has 0 aromatic heterocycles.